The monoisotopic (exact) mass is 436 g/mol. The summed E-state index contributed by atoms with van der Waals surface area (Å²) in [5.41, 5.74) is 0.605. The average Bonchev–Trinajstić information content (AvgIpc) is 2.99. The van der Waals surface area contributed by atoms with Crippen molar-refractivity contribution in [1.29, 1.82) is 0 Å². The minimum Gasteiger partial charge on any atom is -0.462 e. The van der Waals surface area contributed by atoms with Gasteiger partial charge in [-0.25, -0.2) is 13.2 Å². The van der Waals surface area contributed by atoms with Gasteiger partial charge in [0.05, 0.1) is 17.1 Å². The van der Waals surface area contributed by atoms with E-state index in [1.807, 2.05) is 0 Å². The molecule has 3 rings (SSSR count). The molecular weight excluding hydrogens is 412 g/mol. The Hall–Kier alpha value is -2.23. The molecule has 1 saturated heterocycles. The van der Waals surface area contributed by atoms with Crippen molar-refractivity contribution in [2.75, 3.05) is 25.0 Å². The second-order valence-electron chi connectivity index (χ2n) is 6.68. The molecule has 2 heterocycles. The summed E-state index contributed by atoms with van der Waals surface area (Å²) in [5, 5.41) is 4.79. The second-order valence-corrected chi connectivity index (χ2v) is 9.53. The van der Waals surface area contributed by atoms with Crippen LogP contribution in [0.15, 0.2) is 40.6 Å². The third-order valence-electron chi connectivity index (χ3n) is 4.71. The number of thiophene rings is 1. The standard InChI is InChI=1S/C20H24N2O5S2/c1-2-27-20(24)17-11-14-28-19(17)21-18(23)15-7-9-16(10-8-15)29(25,26)22-12-5-3-4-6-13-22/h7-11,14H,2-6,12-13H2,1H3,(H,21,23). The zero-order valence-corrected chi connectivity index (χ0v) is 17.9. The van der Waals surface area contributed by atoms with Crippen molar-refractivity contribution >= 4 is 38.2 Å². The van der Waals surface area contributed by atoms with Crippen LogP contribution < -0.4 is 5.32 Å². The van der Waals surface area contributed by atoms with E-state index < -0.39 is 21.9 Å². The van der Waals surface area contributed by atoms with E-state index in [1.165, 1.54) is 39.9 Å². The lowest BCUT2D eigenvalue weighted by atomic mass is 10.2. The molecule has 0 saturated carbocycles. The van der Waals surface area contributed by atoms with Crippen molar-refractivity contribution in [2.45, 2.75) is 37.5 Å². The molecular formula is C20H24N2O5S2. The maximum atomic E-state index is 12.8. The summed E-state index contributed by atoms with van der Waals surface area (Å²) in [7, 11) is -3.56. The van der Waals surface area contributed by atoms with Gasteiger partial charge in [0, 0.05) is 18.7 Å². The molecule has 1 aliphatic heterocycles. The number of rotatable bonds is 6. The largest absolute Gasteiger partial charge is 0.462 e. The zero-order chi connectivity index (χ0) is 20.9. The van der Waals surface area contributed by atoms with Gasteiger partial charge < -0.3 is 10.1 Å². The maximum Gasteiger partial charge on any atom is 0.341 e. The van der Waals surface area contributed by atoms with Crippen LogP contribution in [0.2, 0.25) is 0 Å². The summed E-state index contributed by atoms with van der Waals surface area (Å²) in [6.07, 6.45) is 3.82. The van der Waals surface area contributed by atoms with Crippen molar-refractivity contribution in [3.63, 3.8) is 0 Å². The van der Waals surface area contributed by atoms with E-state index in [0.29, 0.717) is 29.2 Å². The van der Waals surface area contributed by atoms with Crippen LogP contribution in [0.3, 0.4) is 0 Å². The highest BCUT2D eigenvalue weighted by Crippen LogP contribution is 2.25. The van der Waals surface area contributed by atoms with Gasteiger partial charge in [0.1, 0.15) is 5.00 Å². The lowest BCUT2D eigenvalue weighted by Gasteiger charge is -2.20. The lowest BCUT2D eigenvalue weighted by molar-refractivity contribution is 0.0528. The quantitative estimate of drug-likeness (QED) is 0.697. The molecule has 1 fully saturated rings. The molecule has 0 radical (unpaired) electrons. The molecule has 156 valence electrons. The number of carbonyl (C=O) groups is 2. The summed E-state index contributed by atoms with van der Waals surface area (Å²) in [6, 6.07) is 7.47. The van der Waals surface area contributed by atoms with Gasteiger partial charge in [-0.2, -0.15) is 4.31 Å². The molecule has 1 N–H and O–H groups in total. The first-order valence-electron chi connectivity index (χ1n) is 9.59. The summed E-state index contributed by atoms with van der Waals surface area (Å²) < 4.78 is 32.2. The van der Waals surface area contributed by atoms with Gasteiger partial charge in [0.25, 0.3) is 5.91 Å². The van der Waals surface area contributed by atoms with Gasteiger partial charge in [-0.15, -0.1) is 11.3 Å². The Morgan fingerprint density at radius 3 is 2.34 bits per heavy atom. The van der Waals surface area contributed by atoms with Gasteiger partial charge in [0.15, 0.2) is 0 Å². The minimum absolute atomic E-state index is 0.180. The molecule has 7 nitrogen and oxygen atoms in total. The summed E-state index contributed by atoms with van der Waals surface area (Å²) >= 11 is 1.22. The van der Waals surface area contributed by atoms with E-state index in [4.69, 9.17) is 4.74 Å². The van der Waals surface area contributed by atoms with Gasteiger partial charge in [-0.05, 0) is 55.5 Å². The Bertz CT molecular complexity index is 959. The zero-order valence-electron chi connectivity index (χ0n) is 16.2. The first kappa shape index (κ1) is 21.5. The van der Waals surface area contributed by atoms with Crippen LogP contribution >= 0.6 is 11.3 Å². The molecule has 1 aliphatic rings. The number of carbonyl (C=O) groups excluding carboxylic acids is 2. The lowest BCUT2D eigenvalue weighted by Crippen LogP contribution is -2.31. The molecule has 0 bridgehead atoms. The molecule has 1 aromatic heterocycles. The number of hydrogen-bond donors (Lipinski definition) is 1. The first-order valence-corrected chi connectivity index (χ1v) is 11.9. The van der Waals surface area contributed by atoms with Crippen LogP contribution in [-0.4, -0.2) is 44.3 Å². The van der Waals surface area contributed by atoms with Crippen LogP contribution in [0.4, 0.5) is 5.00 Å². The average molecular weight is 437 g/mol. The molecule has 0 spiro atoms. The van der Waals surface area contributed by atoms with Gasteiger partial charge in [-0.3, -0.25) is 4.79 Å². The van der Waals surface area contributed by atoms with E-state index in [9.17, 15) is 18.0 Å². The topological polar surface area (TPSA) is 92.8 Å². The Balaban J connectivity index is 1.72. The van der Waals surface area contributed by atoms with E-state index >= 15 is 0 Å². The predicted molar refractivity (Wildman–Crippen MR) is 112 cm³/mol. The minimum atomic E-state index is -3.56. The van der Waals surface area contributed by atoms with Crippen molar-refractivity contribution in [1.82, 2.24) is 4.31 Å². The van der Waals surface area contributed by atoms with Gasteiger partial charge >= 0.3 is 5.97 Å². The normalized spacial score (nSPS) is 15.5. The number of benzene rings is 1. The Morgan fingerprint density at radius 1 is 1.07 bits per heavy atom. The van der Waals surface area contributed by atoms with E-state index in [2.05, 4.69) is 5.32 Å². The molecule has 1 aromatic carbocycles. The maximum absolute atomic E-state index is 12.8. The molecule has 1 amide bonds. The Kier molecular flexibility index (Phi) is 7.05. The van der Waals surface area contributed by atoms with E-state index in [0.717, 1.165) is 25.7 Å². The van der Waals surface area contributed by atoms with Gasteiger partial charge in [0.2, 0.25) is 10.0 Å². The third kappa shape index (κ3) is 5.04. The van der Waals surface area contributed by atoms with Crippen molar-refractivity contribution in [3.05, 3.63) is 46.8 Å². The molecule has 29 heavy (non-hydrogen) atoms. The smallest absolute Gasteiger partial charge is 0.341 e. The fraction of sp³-hybridized carbons (Fsp3) is 0.400. The Morgan fingerprint density at radius 2 is 1.72 bits per heavy atom. The summed E-state index contributed by atoms with van der Waals surface area (Å²) in [6.45, 7) is 3.01. The van der Waals surface area contributed by atoms with Crippen LogP contribution in [0, 0.1) is 0 Å². The number of nitrogens with one attached hydrogen (secondary N) is 1. The van der Waals surface area contributed by atoms with Crippen molar-refractivity contribution in [3.8, 4) is 0 Å². The van der Waals surface area contributed by atoms with Gasteiger partial charge in [-0.1, -0.05) is 12.8 Å². The fourth-order valence-corrected chi connectivity index (χ4v) is 5.45. The van der Waals surface area contributed by atoms with E-state index in [1.54, 1.807) is 18.4 Å². The number of nitrogens with zero attached hydrogens (tertiary/aromatic N) is 1. The Labute approximate surface area is 174 Å². The summed E-state index contributed by atoms with van der Waals surface area (Å²) in [4.78, 5) is 24.7. The molecule has 0 aliphatic carbocycles. The molecule has 9 heteroatoms. The number of sulfonamides is 1. The molecule has 2 aromatic rings. The van der Waals surface area contributed by atoms with Crippen LogP contribution in [0.5, 0.6) is 0 Å². The van der Waals surface area contributed by atoms with E-state index in [-0.39, 0.29) is 11.5 Å². The SMILES string of the molecule is CCOC(=O)c1ccsc1NC(=O)c1ccc(S(=O)(=O)N2CCCCCC2)cc1. The third-order valence-corrected chi connectivity index (χ3v) is 7.45. The molecule has 0 unspecified atom stereocenters. The first-order chi connectivity index (χ1) is 13.9. The van der Waals surface area contributed by atoms with Crippen molar-refractivity contribution < 1.29 is 22.7 Å². The van der Waals surface area contributed by atoms with Crippen molar-refractivity contribution in [2.24, 2.45) is 0 Å². The highest BCUT2D eigenvalue weighted by molar-refractivity contribution is 7.89. The number of hydrogen-bond acceptors (Lipinski definition) is 6. The number of anilines is 1. The number of ether oxygens (including phenoxy) is 1. The van der Waals surface area contributed by atoms with Crippen LogP contribution in [0.1, 0.15) is 53.3 Å². The number of amides is 1. The fourth-order valence-electron chi connectivity index (χ4n) is 3.16. The second kappa shape index (κ2) is 9.51. The predicted octanol–water partition coefficient (Wildman–Crippen LogP) is 3.74. The highest BCUT2D eigenvalue weighted by Gasteiger charge is 2.25. The highest BCUT2D eigenvalue weighted by atomic mass is 32.2. The van der Waals surface area contributed by atoms with Crippen LogP contribution in [-0.2, 0) is 14.8 Å². The molecule has 0 atom stereocenters. The summed E-state index contributed by atoms with van der Waals surface area (Å²) in [5.74, 6) is -0.917. The van der Waals surface area contributed by atoms with Crippen LogP contribution in [0.25, 0.3) is 0 Å². The number of esters is 1.